The molecular formula is C26H20F2N6O3S. The van der Waals surface area contributed by atoms with E-state index in [0.717, 1.165) is 16.2 Å². The fraction of sp³-hybridized carbons (Fsp3) is 0.154. The molecule has 0 bridgehead atoms. The Labute approximate surface area is 215 Å². The van der Waals surface area contributed by atoms with Crippen LogP contribution in [0.2, 0.25) is 0 Å². The van der Waals surface area contributed by atoms with E-state index < -0.39 is 21.7 Å². The first-order valence-electron chi connectivity index (χ1n) is 11.7. The highest BCUT2D eigenvalue weighted by molar-refractivity contribution is 7.90. The number of nitrogens with zero attached hydrogens (tertiary/aromatic N) is 5. The smallest absolute Gasteiger partial charge is 0.256 e. The van der Waals surface area contributed by atoms with E-state index in [-0.39, 0.29) is 16.7 Å². The fourth-order valence-corrected chi connectivity index (χ4v) is 5.74. The number of amides is 1. The maximum Gasteiger partial charge on any atom is 0.256 e. The summed E-state index contributed by atoms with van der Waals surface area (Å²) in [7, 11) is -3.48. The maximum absolute atomic E-state index is 14.6. The van der Waals surface area contributed by atoms with Crippen LogP contribution in [0.25, 0.3) is 39.1 Å². The van der Waals surface area contributed by atoms with Gasteiger partial charge in [-0.25, -0.2) is 27.2 Å². The van der Waals surface area contributed by atoms with E-state index in [0.29, 0.717) is 52.1 Å². The van der Waals surface area contributed by atoms with Gasteiger partial charge in [0, 0.05) is 41.6 Å². The van der Waals surface area contributed by atoms with Crippen molar-refractivity contribution in [3.05, 3.63) is 79.0 Å². The first-order chi connectivity index (χ1) is 18.2. The molecule has 9 nitrogen and oxygen atoms in total. The number of aromatic nitrogens is 5. The van der Waals surface area contributed by atoms with Gasteiger partial charge in [0.15, 0.2) is 5.65 Å². The molecule has 1 saturated carbocycles. The van der Waals surface area contributed by atoms with E-state index in [9.17, 15) is 22.0 Å². The lowest BCUT2D eigenvalue weighted by molar-refractivity contribution is -0.114. The van der Waals surface area contributed by atoms with Crippen molar-refractivity contribution < 1.29 is 22.0 Å². The molecule has 3 heterocycles. The van der Waals surface area contributed by atoms with Gasteiger partial charge in [0.2, 0.25) is 5.91 Å². The summed E-state index contributed by atoms with van der Waals surface area (Å²) in [5, 5.41) is 6.35. The van der Waals surface area contributed by atoms with Gasteiger partial charge in [0.25, 0.3) is 10.0 Å². The number of pyridine rings is 1. The number of hydrogen-bond donors (Lipinski definition) is 1. The number of benzene rings is 2. The summed E-state index contributed by atoms with van der Waals surface area (Å²) in [6.07, 6.45) is 7.35. The van der Waals surface area contributed by atoms with E-state index in [4.69, 9.17) is 0 Å². The molecule has 0 saturated heterocycles. The summed E-state index contributed by atoms with van der Waals surface area (Å²) in [4.78, 5) is 20.7. The van der Waals surface area contributed by atoms with Gasteiger partial charge in [0.1, 0.15) is 23.5 Å². The highest BCUT2D eigenvalue weighted by atomic mass is 32.2. The molecule has 38 heavy (non-hydrogen) atoms. The summed E-state index contributed by atoms with van der Waals surface area (Å²) in [5.41, 5.74) is 3.78. The van der Waals surface area contributed by atoms with Crippen molar-refractivity contribution in [1.29, 1.82) is 0 Å². The lowest BCUT2D eigenvalue weighted by Gasteiger charge is -2.12. The Morgan fingerprint density at radius 3 is 2.55 bits per heavy atom. The minimum atomic E-state index is -3.48. The molecule has 0 spiro atoms. The SMILES string of the molecule is CC(=O)Nc1cc(-c2ccc(F)cc2F)cc(-n2cnc3cc(-c4cnn(S(=O)(=O)C5CC5)c4)cnc32)c1. The standard InChI is InChI=1S/C26H20F2N6O3S/c1-15(35)32-20-6-16(23-5-2-19(27)9-24(23)28)7-21(10-20)33-14-30-25-8-17(11-29-26(25)33)18-12-31-34(13-18)38(36,37)22-3-4-22/h2,5-14,22H,3-4H2,1H3,(H,32,35). The number of nitrogens with one attached hydrogen (secondary N) is 1. The van der Waals surface area contributed by atoms with Crippen LogP contribution in [-0.2, 0) is 14.8 Å². The largest absolute Gasteiger partial charge is 0.326 e. The van der Waals surface area contributed by atoms with Crippen LogP contribution in [0, 0.1) is 11.6 Å². The average Bonchev–Trinajstić information content (AvgIpc) is 3.46. The third-order valence-electron chi connectivity index (χ3n) is 6.25. The van der Waals surface area contributed by atoms with Crippen LogP contribution < -0.4 is 5.32 Å². The highest BCUT2D eigenvalue weighted by Gasteiger charge is 2.37. The number of carbonyl (C=O) groups excluding carboxylic acids is 1. The first kappa shape index (κ1) is 23.9. The summed E-state index contributed by atoms with van der Waals surface area (Å²) < 4.78 is 55.7. The van der Waals surface area contributed by atoms with Crippen molar-refractivity contribution in [3.63, 3.8) is 0 Å². The summed E-state index contributed by atoms with van der Waals surface area (Å²) in [6.45, 7) is 1.36. The first-order valence-corrected chi connectivity index (χ1v) is 13.2. The van der Waals surface area contributed by atoms with Gasteiger partial charge in [-0.1, -0.05) is 0 Å². The predicted octanol–water partition coefficient (Wildman–Crippen LogP) is 4.53. The Balaban J connectivity index is 1.41. The molecule has 12 heteroatoms. The number of rotatable bonds is 6. The number of anilines is 1. The van der Waals surface area contributed by atoms with Gasteiger partial charge >= 0.3 is 0 Å². The van der Waals surface area contributed by atoms with Crippen molar-refractivity contribution in [2.75, 3.05) is 5.32 Å². The zero-order valence-electron chi connectivity index (χ0n) is 20.0. The summed E-state index contributed by atoms with van der Waals surface area (Å²) >= 11 is 0. The molecule has 6 rings (SSSR count). The van der Waals surface area contributed by atoms with E-state index in [1.54, 1.807) is 41.4 Å². The topological polar surface area (TPSA) is 112 Å². The number of halogens is 2. The highest BCUT2D eigenvalue weighted by Crippen LogP contribution is 2.32. The average molecular weight is 535 g/mol. The lowest BCUT2D eigenvalue weighted by Crippen LogP contribution is -2.17. The lowest BCUT2D eigenvalue weighted by atomic mass is 10.0. The Hall–Kier alpha value is -4.45. The van der Waals surface area contributed by atoms with Gasteiger partial charge in [0.05, 0.1) is 23.3 Å². The molecule has 1 aliphatic rings. The Morgan fingerprint density at radius 1 is 1.00 bits per heavy atom. The Bertz CT molecular complexity index is 1840. The third kappa shape index (κ3) is 4.32. The van der Waals surface area contributed by atoms with Crippen LogP contribution in [-0.4, -0.2) is 43.3 Å². The molecule has 0 atom stereocenters. The summed E-state index contributed by atoms with van der Waals surface area (Å²) in [5.74, 6) is -1.74. The van der Waals surface area contributed by atoms with Crippen LogP contribution >= 0.6 is 0 Å². The van der Waals surface area contributed by atoms with Gasteiger partial charge in [-0.2, -0.15) is 9.19 Å². The molecule has 1 amide bonds. The zero-order chi connectivity index (χ0) is 26.6. The van der Waals surface area contributed by atoms with Crippen LogP contribution in [0.1, 0.15) is 19.8 Å². The van der Waals surface area contributed by atoms with Gasteiger partial charge < -0.3 is 5.32 Å². The second kappa shape index (κ2) is 8.84. The molecule has 0 radical (unpaired) electrons. The van der Waals surface area contributed by atoms with Crippen molar-refractivity contribution in [2.45, 2.75) is 25.0 Å². The molecule has 3 aromatic heterocycles. The van der Waals surface area contributed by atoms with E-state index >= 15 is 0 Å². The minimum Gasteiger partial charge on any atom is -0.326 e. The quantitative estimate of drug-likeness (QED) is 0.343. The number of fused-ring (bicyclic) bond motifs is 1. The van der Waals surface area contributed by atoms with Crippen molar-refractivity contribution in [1.82, 2.24) is 23.7 Å². The van der Waals surface area contributed by atoms with Crippen LogP contribution in [0.5, 0.6) is 0 Å². The minimum absolute atomic E-state index is 0.165. The third-order valence-corrected chi connectivity index (χ3v) is 8.28. The monoisotopic (exact) mass is 534 g/mol. The van der Waals surface area contributed by atoms with Gasteiger partial charge in [-0.3, -0.25) is 9.36 Å². The van der Waals surface area contributed by atoms with E-state index in [1.165, 1.54) is 25.4 Å². The second-order valence-electron chi connectivity index (χ2n) is 9.10. The van der Waals surface area contributed by atoms with Gasteiger partial charge in [-0.05, 0) is 54.8 Å². The van der Waals surface area contributed by atoms with Gasteiger partial charge in [-0.15, -0.1) is 0 Å². The fourth-order valence-electron chi connectivity index (χ4n) is 4.26. The second-order valence-corrected chi connectivity index (χ2v) is 11.2. The number of imidazole rings is 1. The normalized spacial score (nSPS) is 13.7. The van der Waals surface area contributed by atoms with Crippen molar-refractivity contribution in [3.8, 4) is 27.9 Å². The van der Waals surface area contributed by atoms with E-state index in [2.05, 4.69) is 20.4 Å². The molecule has 5 aromatic rings. The molecule has 1 aliphatic carbocycles. The predicted molar refractivity (Wildman–Crippen MR) is 137 cm³/mol. The molecule has 1 fully saturated rings. The number of carbonyl (C=O) groups is 1. The Kier molecular flexibility index (Phi) is 5.56. The van der Waals surface area contributed by atoms with Crippen LogP contribution in [0.4, 0.5) is 14.5 Å². The molecule has 0 unspecified atom stereocenters. The maximum atomic E-state index is 14.6. The molecule has 2 aromatic carbocycles. The Morgan fingerprint density at radius 2 is 1.82 bits per heavy atom. The molecular weight excluding hydrogens is 514 g/mol. The molecule has 1 N–H and O–H groups in total. The number of hydrogen-bond acceptors (Lipinski definition) is 6. The summed E-state index contributed by atoms with van der Waals surface area (Å²) in [6, 6.07) is 10.0. The zero-order valence-corrected chi connectivity index (χ0v) is 20.8. The molecule has 192 valence electrons. The molecule has 0 aliphatic heterocycles. The van der Waals surface area contributed by atoms with E-state index in [1.807, 2.05) is 0 Å². The van der Waals surface area contributed by atoms with Crippen LogP contribution in [0.3, 0.4) is 0 Å². The van der Waals surface area contributed by atoms with Crippen molar-refractivity contribution in [2.24, 2.45) is 0 Å². The van der Waals surface area contributed by atoms with Crippen LogP contribution in [0.15, 0.2) is 67.4 Å². The van der Waals surface area contributed by atoms with Crippen molar-refractivity contribution >= 4 is 32.8 Å².